The van der Waals surface area contributed by atoms with Crippen molar-refractivity contribution < 1.29 is 9.59 Å². The number of nitrogens with zero attached hydrogens (tertiary/aromatic N) is 1. The van der Waals surface area contributed by atoms with Crippen LogP contribution in [0.1, 0.15) is 17.3 Å². The van der Waals surface area contributed by atoms with E-state index in [0.717, 1.165) is 0 Å². The third kappa shape index (κ3) is 3.87. The van der Waals surface area contributed by atoms with E-state index in [-0.39, 0.29) is 18.4 Å². The van der Waals surface area contributed by atoms with Gasteiger partial charge in [-0.15, -0.1) is 0 Å². The molecule has 4 N–H and O–H groups in total. The van der Waals surface area contributed by atoms with Crippen molar-refractivity contribution in [2.45, 2.75) is 6.92 Å². The molecule has 6 heteroatoms. The van der Waals surface area contributed by atoms with Gasteiger partial charge in [-0.2, -0.15) is 0 Å². The lowest BCUT2D eigenvalue weighted by atomic mass is 10.1. The molecule has 0 saturated heterocycles. The van der Waals surface area contributed by atoms with Crippen molar-refractivity contribution in [3.05, 3.63) is 23.8 Å². The van der Waals surface area contributed by atoms with Crippen LogP contribution in [0.3, 0.4) is 0 Å². The summed E-state index contributed by atoms with van der Waals surface area (Å²) in [6.45, 7) is 2.60. The second kappa shape index (κ2) is 6.63. The van der Waals surface area contributed by atoms with Gasteiger partial charge in [-0.25, -0.2) is 0 Å². The van der Waals surface area contributed by atoms with E-state index in [1.165, 1.54) is 0 Å². The minimum absolute atomic E-state index is 0.120. The Hall–Kier alpha value is -2.24. The van der Waals surface area contributed by atoms with E-state index in [1.54, 1.807) is 37.2 Å². The predicted octanol–water partition coefficient (Wildman–Crippen LogP) is 0.201. The minimum Gasteiger partial charge on any atom is -0.397 e. The molecule has 0 atom stereocenters. The van der Waals surface area contributed by atoms with Crippen molar-refractivity contribution in [3.8, 4) is 0 Å². The summed E-state index contributed by atoms with van der Waals surface area (Å²) in [7, 11) is 3.33. The van der Waals surface area contributed by atoms with Crippen molar-refractivity contribution in [3.63, 3.8) is 0 Å². The first-order valence-electron chi connectivity index (χ1n) is 6.09. The Balaban J connectivity index is 2.96. The van der Waals surface area contributed by atoms with E-state index < -0.39 is 0 Å². The SMILES string of the molecule is CCNC(=O)c1ccc(N)c(N(C)CC(=O)NC)c1. The Morgan fingerprint density at radius 1 is 1.37 bits per heavy atom. The smallest absolute Gasteiger partial charge is 0.251 e. The number of nitrogens with one attached hydrogen (secondary N) is 2. The zero-order valence-corrected chi connectivity index (χ0v) is 11.5. The summed E-state index contributed by atoms with van der Waals surface area (Å²) >= 11 is 0. The monoisotopic (exact) mass is 264 g/mol. The Morgan fingerprint density at radius 2 is 2.05 bits per heavy atom. The molecule has 1 rings (SSSR count). The molecule has 0 spiro atoms. The first-order chi connectivity index (χ1) is 8.99. The highest BCUT2D eigenvalue weighted by Gasteiger charge is 2.12. The number of rotatable bonds is 5. The molecule has 0 unspecified atom stereocenters. The lowest BCUT2D eigenvalue weighted by Crippen LogP contribution is -2.33. The summed E-state index contributed by atoms with van der Waals surface area (Å²) in [5.41, 5.74) is 7.59. The number of amides is 2. The van der Waals surface area contributed by atoms with E-state index in [1.807, 2.05) is 6.92 Å². The predicted molar refractivity (Wildman–Crippen MR) is 76.2 cm³/mol. The van der Waals surface area contributed by atoms with Crippen molar-refractivity contribution in [1.29, 1.82) is 0 Å². The second-order valence-electron chi connectivity index (χ2n) is 4.16. The Labute approximate surface area is 113 Å². The first-order valence-corrected chi connectivity index (χ1v) is 6.09. The first kappa shape index (κ1) is 14.8. The van der Waals surface area contributed by atoms with Crippen LogP contribution < -0.4 is 21.3 Å². The summed E-state index contributed by atoms with van der Waals surface area (Å²) in [6, 6.07) is 5.01. The summed E-state index contributed by atoms with van der Waals surface area (Å²) in [5, 5.41) is 5.26. The van der Waals surface area contributed by atoms with Crippen LogP contribution in [-0.4, -0.2) is 39.0 Å². The third-order valence-corrected chi connectivity index (χ3v) is 2.70. The van der Waals surface area contributed by atoms with Crippen LogP contribution in [0.4, 0.5) is 11.4 Å². The molecule has 19 heavy (non-hydrogen) atoms. The van der Waals surface area contributed by atoms with Crippen LogP contribution in [0.2, 0.25) is 0 Å². The number of carbonyl (C=O) groups is 2. The largest absolute Gasteiger partial charge is 0.397 e. The third-order valence-electron chi connectivity index (χ3n) is 2.70. The summed E-state index contributed by atoms with van der Waals surface area (Å²) in [4.78, 5) is 24.8. The number of nitrogens with two attached hydrogens (primary N) is 1. The van der Waals surface area contributed by atoms with E-state index >= 15 is 0 Å². The fourth-order valence-electron chi connectivity index (χ4n) is 1.66. The normalized spacial score (nSPS) is 9.84. The lowest BCUT2D eigenvalue weighted by molar-refractivity contribution is -0.119. The highest BCUT2D eigenvalue weighted by atomic mass is 16.2. The average Bonchev–Trinajstić information content (AvgIpc) is 2.39. The zero-order chi connectivity index (χ0) is 14.4. The van der Waals surface area contributed by atoms with Gasteiger partial charge in [0.1, 0.15) is 0 Å². The molecule has 0 fully saturated rings. The van der Waals surface area contributed by atoms with Gasteiger partial charge in [-0.1, -0.05) is 0 Å². The minimum atomic E-state index is -0.155. The van der Waals surface area contributed by atoms with Gasteiger partial charge in [0.25, 0.3) is 5.91 Å². The molecule has 1 aromatic carbocycles. The quantitative estimate of drug-likeness (QED) is 0.663. The van der Waals surface area contributed by atoms with Gasteiger partial charge >= 0.3 is 0 Å². The lowest BCUT2D eigenvalue weighted by Gasteiger charge is -2.20. The maximum atomic E-state index is 11.8. The molecule has 0 aromatic heterocycles. The molecule has 0 bridgehead atoms. The maximum Gasteiger partial charge on any atom is 0.251 e. The maximum absolute atomic E-state index is 11.8. The van der Waals surface area contributed by atoms with E-state index in [2.05, 4.69) is 10.6 Å². The molecule has 1 aromatic rings. The van der Waals surface area contributed by atoms with Crippen LogP contribution in [0.15, 0.2) is 18.2 Å². The molecule has 0 aliphatic rings. The van der Waals surface area contributed by atoms with Crippen LogP contribution >= 0.6 is 0 Å². The fraction of sp³-hybridized carbons (Fsp3) is 0.385. The Kier molecular flexibility index (Phi) is 5.17. The molecule has 6 nitrogen and oxygen atoms in total. The van der Waals surface area contributed by atoms with Crippen LogP contribution in [0, 0.1) is 0 Å². The van der Waals surface area contributed by atoms with Crippen molar-refractivity contribution >= 4 is 23.2 Å². The standard InChI is InChI=1S/C13H20N4O2/c1-4-16-13(19)9-5-6-10(14)11(7-9)17(3)8-12(18)15-2/h5-7H,4,8,14H2,1-3H3,(H,15,18)(H,16,19). The number of hydrogen-bond donors (Lipinski definition) is 3. The van der Waals surface area contributed by atoms with Crippen LogP contribution in [0.25, 0.3) is 0 Å². The van der Waals surface area contributed by atoms with Gasteiger partial charge in [0, 0.05) is 26.2 Å². The highest BCUT2D eigenvalue weighted by Crippen LogP contribution is 2.23. The number of nitrogen functional groups attached to an aromatic ring is 1. The Morgan fingerprint density at radius 3 is 2.63 bits per heavy atom. The van der Waals surface area contributed by atoms with Crippen LogP contribution in [-0.2, 0) is 4.79 Å². The molecule has 0 aliphatic carbocycles. The van der Waals surface area contributed by atoms with E-state index in [9.17, 15) is 9.59 Å². The fourth-order valence-corrected chi connectivity index (χ4v) is 1.66. The van der Waals surface area contributed by atoms with Gasteiger partial charge < -0.3 is 21.3 Å². The van der Waals surface area contributed by atoms with Gasteiger partial charge in [-0.05, 0) is 25.1 Å². The molecule has 0 heterocycles. The number of likely N-dealkylation sites (N-methyl/N-ethyl adjacent to an activating group) is 2. The highest BCUT2D eigenvalue weighted by molar-refractivity contribution is 5.96. The Bertz CT molecular complexity index is 474. The van der Waals surface area contributed by atoms with Gasteiger partial charge in [0.05, 0.1) is 17.9 Å². The van der Waals surface area contributed by atoms with Crippen molar-refractivity contribution in [2.24, 2.45) is 0 Å². The average molecular weight is 264 g/mol. The molecular weight excluding hydrogens is 244 g/mol. The van der Waals surface area contributed by atoms with E-state index in [4.69, 9.17) is 5.73 Å². The van der Waals surface area contributed by atoms with E-state index in [0.29, 0.717) is 23.5 Å². The van der Waals surface area contributed by atoms with Gasteiger partial charge in [0.2, 0.25) is 5.91 Å². The zero-order valence-electron chi connectivity index (χ0n) is 11.5. The number of benzene rings is 1. The molecule has 104 valence electrons. The van der Waals surface area contributed by atoms with Gasteiger partial charge in [-0.3, -0.25) is 9.59 Å². The number of anilines is 2. The van der Waals surface area contributed by atoms with Crippen molar-refractivity contribution in [2.75, 3.05) is 37.8 Å². The molecule has 0 aliphatic heterocycles. The van der Waals surface area contributed by atoms with Crippen LogP contribution in [0.5, 0.6) is 0 Å². The van der Waals surface area contributed by atoms with Crippen molar-refractivity contribution in [1.82, 2.24) is 10.6 Å². The molecule has 0 radical (unpaired) electrons. The number of hydrogen-bond acceptors (Lipinski definition) is 4. The second-order valence-corrected chi connectivity index (χ2v) is 4.16. The summed E-state index contributed by atoms with van der Waals surface area (Å²) in [6.07, 6.45) is 0. The van der Waals surface area contributed by atoms with Gasteiger partial charge in [0.15, 0.2) is 0 Å². The summed E-state index contributed by atoms with van der Waals surface area (Å²) < 4.78 is 0. The number of carbonyl (C=O) groups excluding carboxylic acids is 2. The molecular formula is C13H20N4O2. The molecule has 2 amide bonds. The molecule has 0 saturated carbocycles. The topological polar surface area (TPSA) is 87.5 Å². The summed E-state index contributed by atoms with van der Waals surface area (Å²) in [5.74, 6) is -0.276.